The molecule has 0 N–H and O–H groups in total. The maximum atomic E-state index is 11.9. The Morgan fingerprint density at radius 2 is 2.53 bits per heavy atom. The average Bonchev–Trinajstić information content (AvgIpc) is 2.86. The number of methoxy groups -OCH3 is 1. The highest BCUT2D eigenvalue weighted by molar-refractivity contribution is 7.99. The number of nitrogens with zero attached hydrogens (tertiary/aromatic N) is 2. The predicted molar refractivity (Wildman–Crippen MR) is 67.0 cm³/mol. The minimum absolute atomic E-state index is 0.167. The molecule has 0 spiro atoms. The van der Waals surface area contributed by atoms with Crippen molar-refractivity contribution < 1.29 is 9.53 Å². The molecular formula is C12H16N2O2S. The van der Waals surface area contributed by atoms with E-state index in [4.69, 9.17) is 4.74 Å². The Morgan fingerprint density at radius 3 is 3.18 bits per heavy atom. The van der Waals surface area contributed by atoms with Crippen molar-refractivity contribution in [1.82, 2.24) is 9.88 Å². The van der Waals surface area contributed by atoms with E-state index in [9.17, 15) is 4.79 Å². The van der Waals surface area contributed by atoms with Crippen LogP contribution in [0.1, 0.15) is 6.42 Å². The molecule has 0 aromatic carbocycles. The third-order valence-electron chi connectivity index (χ3n) is 2.81. The van der Waals surface area contributed by atoms with Crippen molar-refractivity contribution in [1.29, 1.82) is 0 Å². The quantitative estimate of drug-likeness (QED) is 0.760. The highest BCUT2D eigenvalue weighted by Gasteiger charge is 2.25. The molecule has 1 aliphatic heterocycles. The van der Waals surface area contributed by atoms with Crippen LogP contribution in [0.4, 0.5) is 0 Å². The molecule has 1 fully saturated rings. The number of amides is 1. The molecule has 1 aromatic heterocycles. The van der Waals surface area contributed by atoms with Gasteiger partial charge >= 0.3 is 0 Å². The van der Waals surface area contributed by atoms with E-state index in [1.165, 1.54) is 11.8 Å². The maximum Gasteiger partial charge on any atom is 0.233 e. The number of carbonyl (C=O) groups excluding carboxylic acids is 1. The van der Waals surface area contributed by atoms with E-state index < -0.39 is 0 Å². The fourth-order valence-corrected chi connectivity index (χ4v) is 2.57. The summed E-state index contributed by atoms with van der Waals surface area (Å²) >= 11 is 1.48. The summed E-state index contributed by atoms with van der Waals surface area (Å²) < 4.78 is 5.24. The summed E-state index contributed by atoms with van der Waals surface area (Å²) in [5, 5.41) is 0.892. The number of pyridine rings is 1. The summed E-state index contributed by atoms with van der Waals surface area (Å²) in [5.74, 6) is 0.619. The number of rotatable bonds is 4. The molecule has 2 rings (SSSR count). The standard InChI is InChI=1S/C12H16N2O2S/c1-16-10-5-7-14(8-10)12(15)9-17-11-4-2-3-6-13-11/h2-4,6,10H,5,7-9H2,1H3/t10-/m1/s1. The molecule has 1 aromatic rings. The minimum atomic E-state index is 0.167. The Balaban J connectivity index is 1.78. The summed E-state index contributed by atoms with van der Waals surface area (Å²) in [7, 11) is 1.70. The smallest absolute Gasteiger partial charge is 0.233 e. The Hall–Kier alpha value is -1.07. The normalized spacial score (nSPS) is 19.6. The van der Waals surface area contributed by atoms with Gasteiger partial charge < -0.3 is 9.64 Å². The highest BCUT2D eigenvalue weighted by atomic mass is 32.2. The van der Waals surface area contributed by atoms with Crippen LogP contribution in [0, 0.1) is 0 Å². The maximum absolute atomic E-state index is 11.9. The molecule has 0 radical (unpaired) electrons. The molecule has 0 unspecified atom stereocenters. The van der Waals surface area contributed by atoms with Gasteiger partial charge in [0.15, 0.2) is 0 Å². The summed E-state index contributed by atoms with van der Waals surface area (Å²) in [5.41, 5.74) is 0. The summed E-state index contributed by atoms with van der Waals surface area (Å²) in [6, 6.07) is 5.71. The number of ether oxygens (including phenoxy) is 1. The van der Waals surface area contributed by atoms with Crippen LogP contribution in [0.3, 0.4) is 0 Å². The van der Waals surface area contributed by atoms with Crippen LogP contribution < -0.4 is 0 Å². The molecule has 1 amide bonds. The summed E-state index contributed by atoms with van der Waals surface area (Å²) in [4.78, 5) is 17.9. The molecule has 0 bridgehead atoms. The summed E-state index contributed by atoms with van der Waals surface area (Å²) in [6.45, 7) is 1.53. The Morgan fingerprint density at radius 1 is 1.65 bits per heavy atom. The van der Waals surface area contributed by atoms with Crippen molar-refractivity contribution in [3.8, 4) is 0 Å². The van der Waals surface area contributed by atoms with Crippen LogP contribution in [0.2, 0.25) is 0 Å². The van der Waals surface area contributed by atoms with Crippen LogP contribution in [-0.2, 0) is 9.53 Å². The van der Waals surface area contributed by atoms with Crippen molar-refractivity contribution in [2.24, 2.45) is 0 Å². The first-order chi connectivity index (χ1) is 8.29. The topological polar surface area (TPSA) is 42.4 Å². The molecular weight excluding hydrogens is 236 g/mol. The first kappa shape index (κ1) is 12.4. The van der Waals surface area contributed by atoms with Crippen LogP contribution in [-0.4, -0.2) is 47.8 Å². The number of likely N-dealkylation sites (tertiary alicyclic amines) is 1. The number of hydrogen-bond donors (Lipinski definition) is 0. The lowest BCUT2D eigenvalue weighted by Crippen LogP contribution is -2.31. The van der Waals surface area contributed by atoms with E-state index in [0.717, 1.165) is 24.5 Å². The number of aromatic nitrogens is 1. The van der Waals surface area contributed by atoms with E-state index in [-0.39, 0.29) is 12.0 Å². The molecule has 1 atom stereocenters. The van der Waals surface area contributed by atoms with Gasteiger partial charge in [0.1, 0.15) is 0 Å². The second kappa shape index (κ2) is 6.02. The lowest BCUT2D eigenvalue weighted by molar-refractivity contribution is -0.127. The van der Waals surface area contributed by atoms with Gasteiger partial charge in [0.05, 0.1) is 16.9 Å². The molecule has 4 nitrogen and oxygen atoms in total. The molecule has 1 saturated heterocycles. The summed E-state index contributed by atoms with van der Waals surface area (Å²) in [6.07, 6.45) is 2.89. The first-order valence-electron chi connectivity index (χ1n) is 5.64. The van der Waals surface area contributed by atoms with Gasteiger partial charge in [-0.05, 0) is 18.6 Å². The van der Waals surface area contributed by atoms with E-state index >= 15 is 0 Å². The Bertz CT molecular complexity index is 372. The van der Waals surface area contributed by atoms with Gasteiger partial charge in [-0.2, -0.15) is 0 Å². The zero-order chi connectivity index (χ0) is 12.1. The van der Waals surface area contributed by atoms with E-state index in [1.807, 2.05) is 23.1 Å². The zero-order valence-electron chi connectivity index (χ0n) is 9.83. The van der Waals surface area contributed by atoms with Crippen LogP contribution in [0.5, 0.6) is 0 Å². The molecule has 5 heteroatoms. The number of thioether (sulfide) groups is 1. The lowest BCUT2D eigenvalue weighted by atomic mass is 10.3. The van der Waals surface area contributed by atoms with Crippen molar-refractivity contribution in [3.63, 3.8) is 0 Å². The molecule has 0 saturated carbocycles. The predicted octanol–water partition coefficient (Wildman–Crippen LogP) is 1.42. The van der Waals surface area contributed by atoms with Crippen molar-refractivity contribution >= 4 is 17.7 Å². The van der Waals surface area contributed by atoms with E-state index in [1.54, 1.807) is 13.3 Å². The fraction of sp³-hybridized carbons (Fsp3) is 0.500. The van der Waals surface area contributed by atoms with Gasteiger partial charge in [-0.3, -0.25) is 4.79 Å². The van der Waals surface area contributed by atoms with Gasteiger partial charge in [-0.15, -0.1) is 0 Å². The Labute approximate surface area is 105 Å². The van der Waals surface area contributed by atoms with Crippen LogP contribution in [0.15, 0.2) is 29.4 Å². The molecule has 0 aliphatic carbocycles. The molecule has 17 heavy (non-hydrogen) atoms. The van der Waals surface area contributed by atoms with Crippen LogP contribution >= 0.6 is 11.8 Å². The van der Waals surface area contributed by atoms with Gasteiger partial charge in [0.25, 0.3) is 0 Å². The van der Waals surface area contributed by atoms with Crippen LogP contribution in [0.25, 0.3) is 0 Å². The molecule has 92 valence electrons. The number of hydrogen-bond acceptors (Lipinski definition) is 4. The van der Waals surface area contributed by atoms with Crippen molar-refractivity contribution in [2.75, 3.05) is 26.0 Å². The second-order valence-corrected chi connectivity index (χ2v) is 4.94. The van der Waals surface area contributed by atoms with E-state index in [0.29, 0.717) is 5.75 Å². The van der Waals surface area contributed by atoms with Crippen molar-refractivity contribution in [3.05, 3.63) is 24.4 Å². The van der Waals surface area contributed by atoms with Gasteiger partial charge in [-0.1, -0.05) is 17.8 Å². The second-order valence-electron chi connectivity index (χ2n) is 3.94. The largest absolute Gasteiger partial charge is 0.380 e. The lowest BCUT2D eigenvalue weighted by Gasteiger charge is -2.15. The average molecular weight is 252 g/mol. The third-order valence-corrected chi connectivity index (χ3v) is 3.74. The van der Waals surface area contributed by atoms with Gasteiger partial charge in [0, 0.05) is 26.4 Å². The first-order valence-corrected chi connectivity index (χ1v) is 6.62. The fourth-order valence-electron chi connectivity index (χ4n) is 1.81. The molecule has 2 heterocycles. The third kappa shape index (κ3) is 3.44. The minimum Gasteiger partial charge on any atom is -0.380 e. The number of carbonyl (C=O) groups is 1. The van der Waals surface area contributed by atoms with Gasteiger partial charge in [0.2, 0.25) is 5.91 Å². The highest BCUT2D eigenvalue weighted by Crippen LogP contribution is 2.17. The SMILES string of the molecule is CO[C@@H]1CCN(C(=O)CSc2ccccn2)C1. The molecule has 1 aliphatic rings. The Kier molecular flexibility index (Phi) is 4.39. The zero-order valence-corrected chi connectivity index (χ0v) is 10.7. The monoisotopic (exact) mass is 252 g/mol. The van der Waals surface area contributed by atoms with Crippen molar-refractivity contribution in [2.45, 2.75) is 17.6 Å². The van der Waals surface area contributed by atoms with E-state index in [2.05, 4.69) is 4.98 Å². The van der Waals surface area contributed by atoms with Gasteiger partial charge in [-0.25, -0.2) is 4.98 Å².